The molecule has 10 heteroatoms. The van der Waals surface area contributed by atoms with Crippen molar-refractivity contribution >= 4 is 40.1 Å². The number of nitrogens with one attached hydrogen (secondary N) is 2. The Bertz CT molecular complexity index is 1470. The zero-order chi connectivity index (χ0) is 27.4. The van der Waals surface area contributed by atoms with Crippen LogP contribution in [0, 0.1) is 0 Å². The van der Waals surface area contributed by atoms with Gasteiger partial charge in [0.25, 0.3) is 0 Å². The van der Waals surface area contributed by atoms with Crippen molar-refractivity contribution in [3.05, 3.63) is 72.6 Å². The molecule has 0 bridgehead atoms. The van der Waals surface area contributed by atoms with Crippen LogP contribution in [-0.2, 0) is 28.0 Å². The van der Waals surface area contributed by atoms with Gasteiger partial charge in [0.2, 0.25) is 17.7 Å². The quantitative estimate of drug-likeness (QED) is 0.360. The van der Waals surface area contributed by atoms with Gasteiger partial charge in [-0.25, -0.2) is 4.68 Å². The summed E-state index contributed by atoms with van der Waals surface area (Å²) in [4.78, 5) is 41.2. The maximum atomic E-state index is 14.1. The van der Waals surface area contributed by atoms with Crippen LogP contribution in [0.15, 0.2) is 66.9 Å². The van der Waals surface area contributed by atoms with Crippen LogP contribution in [0.3, 0.4) is 0 Å². The molecule has 2 aromatic carbocycles. The number of benzene rings is 2. The van der Waals surface area contributed by atoms with E-state index >= 15 is 0 Å². The van der Waals surface area contributed by atoms with Gasteiger partial charge in [0.1, 0.15) is 12.1 Å². The molecule has 1 saturated carbocycles. The average Bonchev–Trinajstić information content (AvgIpc) is 3.54. The number of carbonyl (C=O) groups excluding carboxylic acids is 3. The molecule has 3 amide bonds. The van der Waals surface area contributed by atoms with Crippen LogP contribution in [-0.4, -0.2) is 43.3 Å². The lowest BCUT2D eigenvalue weighted by Crippen LogP contribution is -2.48. The van der Waals surface area contributed by atoms with E-state index in [2.05, 4.69) is 20.9 Å². The van der Waals surface area contributed by atoms with Crippen LogP contribution in [0.5, 0.6) is 0 Å². The van der Waals surface area contributed by atoms with Gasteiger partial charge in [-0.1, -0.05) is 36.6 Å². The van der Waals surface area contributed by atoms with E-state index in [1.807, 2.05) is 54.2 Å². The van der Waals surface area contributed by atoms with Gasteiger partial charge in [0.15, 0.2) is 6.04 Å². The number of para-hydroxylation sites is 1. The molecule has 0 unspecified atom stereocenters. The SMILES string of the molecule is CC(=O)Nc1ccc(N(C(=O)Cn2nnc3ccccc32)[C@H](C(=O)NC2CCCCC2)c2cccn2C)cc1. The summed E-state index contributed by atoms with van der Waals surface area (Å²) in [5, 5.41) is 14.4. The highest BCUT2D eigenvalue weighted by molar-refractivity contribution is 6.01. The molecule has 0 spiro atoms. The number of aromatic nitrogens is 4. The van der Waals surface area contributed by atoms with Crippen molar-refractivity contribution in [2.75, 3.05) is 10.2 Å². The van der Waals surface area contributed by atoms with Crippen LogP contribution in [0.25, 0.3) is 11.0 Å². The van der Waals surface area contributed by atoms with E-state index in [1.165, 1.54) is 18.2 Å². The fraction of sp³-hybridized carbons (Fsp3) is 0.345. The fourth-order valence-electron chi connectivity index (χ4n) is 5.25. The number of fused-ring (bicyclic) bond motifs is 1. The Kier molecular flexibility index (Phi) is 7.72. The van der Waals surface area contributed by atoms with Crippen LogP contribution in [0.1, 0.15) is 50.8 Å². The maximum absolute atomic E-state index is 14.1. The number of nitrogens with zero attached hydrogens (tertiary/aromatic N) is 5. The van der Waals surface area contributed by atoms with Crippen molar-refractivity contribution in [1.29, 1.82) is 0 Å². The standard InChI is InChI=1S/C29H33N7O3/c1-20(37)30-22-14-16-23(17-15-22)36(27(38)19-35-25-12-7-6-11-24(25)32-33-35)28(26-13-8-18-34(26)2)29(39)31-21-9-4-3-5-10-21/h6-8,11-18,21,28H,3-5,9-10,19H2,1-2H3,(H,30,37)(H,31,39)/t28-/m0/s1. The molecule has 4 aromatic rings. The molecular weight excluding hydrogens is 494 g/mol. The van der Waals surface area contributed by atoms with E-state index in [0.717, 1.165) is 31.2 Å². The van der Waals surface area contributed by atoms with Crippen molar-refractivity contribution in [3.8, 4) is 0 Å². The van der Waals surface area contributed by atoms with E-state index in [1.54, 1.807) is 28.9 Å². The second-order valence-corrected chi connectivity index (χ2v) is 10.0. The molecule has 5 rings (SSSR count). The molecule has 0 radical (unpaired) electrons. The Labute approximate surface area is 227 Å². The lowest BCUT2D eigenvalue weighted by Gasteiger charge is -2.33. The Balaban J connectivity index is 1.55. The fourth-order valence-corrected chi connectivity index (χ4v) is 5.25. The molecule has 0 saturated heterocycles. The number of aryl methyl sites for hydroxylation is 1. The van der Waals surface area contributed by atoms with E-state index < -0.39 is 6.04 Å². The van der Waals surface area contributed by atoms with Crippen molar-refractivity contribution in [1.82, 2.24) is 24.9 Å². The first kappa shape index (κ1) is 26.1. The predicted molar refractivity (Wildman–Crippen MR) is 149 cm³/mol. The van der Waals surface area contributed by atoms with Gasteiger partial charge in [-0.3, -0.25) is 19.3 Å². The van der Waals surface area contributed by atoms with E-state index in [9.17, 15) is 14.4 Å². The maximum Gasteiger partial charge on any atom is 0.249 e. The molecular formula is C29H33N7O3. The lowest BCUT2D eigenvalue weighted by atomic mass is 9.95. The highest BCUT2D eigenvalue weighted by atomic mass is 16.2. The number of rotatable bonds is 8. The average molecular weight is 528 g/mol. The van der Waals surface area contributed by atoms with Crippen LogP contribution < -0.4 is 15.5 Å². The summed E-state index contributed by atoms with van der Waals surface area (Å²) >= 11 is 0. The molecule has 10 nitrogen and oxygen atoms in total. The molecule has 202 valence electrons. The number of anilines is 2. The third-order valence-electron chi connectivity index (χ3n) is 7.16. The largest absolute Gasteiger partial charge is 0.352 e. The summed E-state index contributed by atoms with van der Waals surface area (Å²) in [6, 6.07) is 17.3. The summed E-state index contributed by atoms with van der Waals surface area (Å²) < 4.78 is 3.42. The molecule has 39 heavy (non-hydrogen) atoms. The lowest BCUT2D eigenvalue weighted by molar-refractivity contribution is -0.127. The monoisotopic (exact) mass is 527 g/mol. The second-order valence-electron chi connectivity index (χ2n) is 10.0. The Hall–Kier alpha value is -4.47. The van der Waals surface area contributed by atoms with Gasteiger partial charge in [-0.15, -0.1) is 5.10 Å². The Morgan fingerprint density at radius 3 is 2.44 bits per heavy atom. The van der Waals surface area contributed by atoms with E-state index in [0.29, 0.717) is 22.6 Å². The summed E-state index contributed by atoms with van der Waals surface area (Å²) in [5.74, 6) is -0.739. The van der Waals surface area contributed by atoms with Gasteiger partial charge >= 0.3 is 0 Å². The minimum atomic E-state index is -0.916. The first-order valence-electron chi connectivity index (χ1n) is 13.3. The van der Waals surface area contributed by atoms with Crippen LogP contribution in [0.4, 0.5) is 11.4 Å². The topological polar surface area (TPSA) is 114 Å². The summed E-state index contributed by atoms with van der Waals surface area (Å²) in [6.45, 7) is 1.33. The van der Waals surface area contributed by atoms with Gasteiger partial charge in [0, 0.05) is 37.6 Å². The van der Waals surface area contributed by atoms with E-state index in [4.69, 9.17) is 0 Å². The second kappa shape index (κ2) is 11.5. The zero-order valence-electron chi connectivity index (χ0n) is 22.2. The van der Waals surface area contributed by atoms with Gasteiger partial charge in [-0.05, 0) is 61.4 Å². The predicted octanol–water partition coefficient (Wildman–Crippen LogP) is 3.95. The van der Waals surface area contributed by atoms with Gasteiger partial charge in [0.05, 0.1) is 11.2 Å². The van der Waals surface area contributed by atoms with Crippen molar-refractivity contribution < 1.29 is 14.4 Å². The van der Waals surface area contributed by atoms with Crippen LogP contribution >= 0.6 is 0 Å². The Morgan fingerprint density at radius 2 is 1.74 bits per heavy atom. The molecule has 1 atom stereocenters. The molecule has 2 heterocycles. The van der Waals surface area contributed by atoms with Gasteiger partial charge < -0.3 is 15.2 Å². The van der Waals surface area contributed by atoms with Crippen molar-refractivity contribution in [3.63, 3.8) is 0 Å². The molecule has 2 N–H and O–H groups in total. The minimum Gasteiger partial charge on any atom is -0.352 e. The highest BCUT2D eigenvalue weighted by Crippen LogP contribution is 2.31. The number of hydrogen-bond donors (Lipinski definition) is 2. The highest BCUT2D eigenvalue weighted by Gasteiger charge is 2.35. The summed E-state index contributed by atoms with van der Waals surface area (Å²) in [7, 11) is 1.86. The number of amides is 3. The van der Waals surface area contributed by atoms with Crippen molar-refractivity contribution in [2.24, 2.45) is 7.05 Å². The molecule has 0 aliphatic heterocycles. The smallest absolute Gasteiger partial charge is 0.249 e. The summed E-state index contributed by atoms with van der Waals surface area (Å²) in [6.07, 6.45) is 7.04. The molecule has 1 aliphatic carbocycles. The minimum absolute atomic E-state index is 0.0763. The normalized spacial score (nSPS) is 14.6. The summed E-state index contributed by atoms with van der Waals surface area (Å²) in [5.41, 5.74) is 3.23. The first-order valence-corrected chi connectivity index (χ1v) is 13.3. The molecule has 1 aliphatic rings. The number of carbonyl (C=O) groups is 3. The van der Waals surface area contributed by atoms with E-state index in [-0.39, 0.29) is 30.3 Å². The van der Waals surface area contributed by atoms with Crippen molar-refractivity contribution in [2.45, 2.75) is 57.7 Å². The third-order valence-corrected chi connectivity index (χ3v) is 7.16. The zero-order valence-corrected chi connectivity index (χ0v) is 22.2. The third kappa shape index (κ3) is 5.84. The Morgan fingerprint density at radius 1 is 1.00 bits per heavy atom. The molecule has 2 aromatic heterocycles. The molecule has 1 fully saturated rings. The first-order chi connectivity index (χ1) is 18.9. The number of hydrogen-bond acceptors (Lipinski definition) is 5. The van der Waals surface area contributed by atoms with Gasteiger partial charge in [-0.2, -0.15) is 0 Å². The van der Waals surface area contributed by atoms with Crippen LogP contribution in [0.2, 0.25) is 0 Å².